The number of sulfonamides is 1. The van der Waals surface area contributed by atoms with Crippen LogP contribution in [0.15, 0.2) is 29.8 Å². The molecule has 0 radical (unpaired) electrons. The maximum atomic E-state index is 12.5. The molecule has 0 saturated heterocycles. The van der Waals surface area contributed by atoms with Gasteiger partial charge in [0.15, 0.2) is 0 Å². The summed E-state index contributed by atoms with van der Waals surface area (Å²) in [6.45, 7) is 3.88. The summed E-state index contributed by atoms with van der Waals surface area (Å²) in [6.07, 6.45) is 5.29. The first-order valence-electron chi connectivity index (χ1n) is 6.67. The average Bonchev–Trinajstić information content (AvgIpc) is 3.17. The summed E-state index contributed by atoms with van der Waals surface area (Å²) >= 11 is 0. The van der Waals surface area contributed by atoms with Crippen LogP contribution >= 0.6 is 0 Å². The number of hydrogen-bond acceptors (Lipinski definition) is 4. The van der Waals surface area contributed by atoms with E-state index >= 15 is 0 Å². The van der Waals surface area contributed by atoms with Gasteiger partial charge in [0.25, 0.3) is 0 Å². The topological polar surface area (TPSA) is 88.6 Å². The fourth-order valence-corrected chi connectivity index (χ4v) is 3.66. The molecule has 0 unspecified atom stereocenters. The van der Waals surface area contributed by atoms with Gasteiger partial charge in [0.05, 0.1) is 6.61 Å². The van der Waals surface area contributed by atoms with Gasteiger partial charge in [-0.05, 0) is 18.9 Å². The fraction of sp³-hybridized carbons (Fsp3) is 0.538. The Labute approximate surface area is 119 Å². The molecule has 2 rings (SSSR count). The molecule has 6 nitrogen and oxygen atoms in total. The third kappa shape index (κ3) is 2.95. The van der Waals surface area contributed by atoms with Crippen LogP contribution in [0.5, 0.6) is 0 Å². The van der Waals surface area contributed by atoms with Gasteiger partial charge < -0.3 is 15.4 Å². The Hall–Kier alpha value is -1.15. The number of nitrogens with two attached hydrogens (primary N) is 1. The van der Waals surface area contributed by atoms with Crippen LogP contribution in [0.4, 0.5) is 0 Å². The Morgan fingerprint density at radius 2 is 2.25 bits per heavy atom. The maximum absolute atomic E-state index is 12.5. The van der Waals surface area contributed by atoms with Crippen LogP contribution in [-0.2, 0) is 16.6 Å². The molecule has 20 heavy (non-hydrogen) atoms. The van der Waals surface area contributed by atoms with E-state index in [0.717, 1.165) is 18.5 Å². The zero-order valence-electron chi connectivity index (χ0n) is 11.4. The van der Waals surface area contributed by atoms with Gasteiger partial charge in [-0.15, -0.1) is 6.58 Å². The van der Waals surface area contributed by atoms with Crippen molar-refractivity contribution in [3.05, 3.63) is 30.6 Å². The zero-order chi connectivity index (χ0) is 14.8. The number of nitrogens with zero attached hydrogens (tertiary/aromatic N) is 2. The second-order valence-electron chi connectivity index (χ2n) is 4.89. The molecule has 112 valence electrons. The Balaban J connectivity index is 2.34. The van der Waals surface area contributed by atoms with E-state index in [9.17, 15) is 8.42 Å². The molecule has 1 fully saturated rings. The highest BCUT2D eigenvalue weighted by molar-refractivity contribution is 7.89. The van der Waals surface area contributed by atoms with Crippen molar-refractivity contribution in [1.82, 2.24) is 8.87 Å². The van der Waals surface area contributed by atoms with E-state index in [1.165, 1.54) is 10.4 Å². The minimum absolute atomic E-state index is 0.0565. The van der Waals surface area contributed by atoms with Crippen molar-refractivity contribution in [3.8, 4) is 0 Å². The van der Waals surface area contributed by atoms with Crippen molar-refractivity contribution in [1.29, 1.82) is 0 Å². The van der Waals surface area contributed by atoms with E-state index in [4.69, 9.17) is 10.8 Å². The van der Waals surface area contributed by atoms with Gasteiger partial charge in [0.2, 0.25) is 10.0 Å². The molecule has 3 N–H and O–H groups in total. The predicted octanol–water partition coefficient (Wildman–Crippen LogP) is 0.451. The SMILES string of the molecule is C=CCN(CCO)S(=O)(=O)c1cc(CN)n(C2CC2)c1. The van der Waals surface area contributed by atoms with E-state index in [-0.39, 0.29) is 24.6 Å². The molecule has 1 aromatic rings. The molecule has 0 aliphatic heterocycles. The quantitative estimate of drug-likeness (QED) is 0.682. The van der Waals surface area contributed by atoms with Crippen LogP contribution < -0.4 is 5.73 Å². The monoisotopic (exact) mass is 299 g/mol. The lowest BCUT2D eigenvalue weighted by atomic mass is 10.4. The second kappa shape index (κ2) is 6.09. The Bertz CT molecular complexity index is 576. The average molecular weight is 299 g/mol. The lowest BCUT2D eigenvalue weighted by Gasteiger charge is -2.18. The van der Waals surface area contributed by atoms with Gasteiger partial charge in [0, 0.05) is 37.6 Å². The third-order valence-electron chi connectivity index (χ3n) is 3.38. The van der Waals surface area contributed by atoms with Crippen LogP contribution in [0.25, 0.3) is 0 Å². The highest BCUT2D eigenvalue weighted by Gasteiger charge is 2.30. The number of rotatable bonds is 8. The van der Waals surface area contributed by atoms with E-state index < -0.39 is 10.0 Å². The molecule has 1 aromatic heterocycles. The molecule has 1 aliphatic carbocycles. The van der Waals surface area contributed by atoms with Gasteiger partial charge in [-0.25, -0.2) is 8.42 Å². The number of hydrogen-bond donors (Lipinski definition) is 2. The van der Waals surface area contributed by atoms with Crippen LogP contribution in [0, 0.1) is 0 Å². The van der Waals surface area contributed by atoms with E-state index in [1.807, 2.05) is 4.57 Å². The van der Waals surface area contributed by atoms with Crippen molar-refractivity contribution in [3.63, 3.8) is 0 Å². The predicted molar refractivity (Wildman–Crippen MR) is 76.6 cm³/mol. The number of aromatic nitrogens is 1. The van der Waals surface area contributed by atoms with Gasteiger partial charge in [-0.3, -0.25) is 0 Å². The van der Waals surface area contributed by atoms with Gasteiger partial charge in [-0.1, -0.05) is 6.08 Å². The van der Waals surface area contributed by atoms with E-state index in [0.29, 0.717) is 12.6 Å². The molecule has 0 spiro atoms. The molecule has 0 aromatic carbocycles. The lowest BCUT2D eigenvalue weighted by molar-refractivity contribution is 0.260. The minimum atomic E-state index is -3.62. The third-order valence-corrected chi connectivity index (χ3v) is 5.21. The highest BCUT2D eigenvalue weighted by Crippen LogP contribution is 2.37. The lowest BCUT2D eigenvalue weighted by Crippen LogP contribution is -2.33. The Kier molecular flexibility index (Phi) is 4.64. The summed E-state index contributed by atoms with van der Waals surface area (Å²) in [5.74, 6) is 0. The zero-order valence-corrected chi connectivity index (χ0v) is 12.2. The van der Waals surface area contributed by atoms with Gasteiger partial charge in [-0.2, -0.15) is 4.31 Å². The normalized spacial score (nSPS) is 15.8. The molecule has 0 atom stereocenters. The number of aliphatic hydroxyl groups is 1. The van der Waals surface area contributed by atoms with Gasteiger partial charge >= 0.3 is 0 Å². The molecular weight excluding hydrogens is 278 g/mol. The summed E-state index contributed by atoms with van der Waals surface area (Å²) in [6, 6.07) is 2.00. The van der Waals surface area contributed by atoms with Crippen LogP contribution in [-0.4, -0.2) is 42.1 Å². The molecule has 1 heterocycles. The van der Waals surface area contributed by atoms with E-state index in [2.05, 4.69) is 6.58 Å². The fourth-order valence-electron chi connectivity index (χ4n) is 2.21. The van der Waals surface area contributed by atoms with E-state index in [1.54, 1.807) is 12.3 Å². The molecular formula is C13H21N3O3S. The van der Waals surface area contributed by atoms with Crippen LogP contribution in [0.1, 0.15) is 24.6 Å². The Morgan fingerprint density at radius 1 is 1.55 bits per heavy atom. The second-order valence-corrected chi connectivity index (χ2v) is 6.82. The summed E-state index contributed by atoms with van der Waals surface area (Å²) in [5.41, 5.74) is 6.51. The largest absolute Gasteiger partial charge is 0.395 e. The molecule has 1 saturated carbocycles. The first-order valence-corrected chi connectivity index (χ1v) is 8.11. The molecule has 0 amide bonds. The highest BCUT2D eigenvalue weighted by atomic mass is 32.2. The summed E-state index contributed by atoms with van der Waals surface area (Å²) in [4.78, 5) is 0.236. The number of aliphatic hydroxyl groups excluding tert-OH is 1. The van der Waals surface area contributed by atoms with Gasteiger partial charge in [0.1, 0.15) is 4.90 Å². The Morgan fingerprint density at radius 3 is 2.75 bits per heavy atom. The van der Waals surface area contributed by atoms with Crippen LogP contribution in [0.3, 0.4) is 0 Å². The van der Waals surface area contributed by atoms with Crippen molar-refractivity contribution >= 4 is 10.0 Å². The van der Waals surface area contributed by atoms with Crippen molar-refractivity contribution < 1.29 is 13.5 Å². The first-order chi connectivity index (χ1) is 9.54. The smallest absolute Gasteiger partial charge is 0.244 e. The first kappa shape index (κ1) is 15.2. The van der Waals surface area contributed by atoms with Crippen LogP contribution in [0.2, 0.25) is 0 Å². The molecule has 7 heteroatoms. The molecule has 1 aliphatic rings. The molecule has 0 bridgehead atoms. The van der Waals surface area contributed by atoms with Crippen molar-refractivity contribution in [2.75, 3.05) is 19.7 Å². The summed E-state index contributed by atoms with van der Waals surface area (Å²) in [7, 11) is -3.62. The summed E-state index contributed by atoms with van der Waals surface area (Å²) in [5, 5.41) is 9.01. The van der Waals surface area contributed by atoms with Crippen molar-refractivity contribution in [2.24, 2.45) is 5.73 Å². The van der Waals surface area contributed by atoms with Crippen molar-refractivity contribution in [2.45, 2.75) is 30.3 Å². The minimum Gasteiger partial charge on any atom is -0.395 e. The maximum Gasteiger partial charge on any atom is 0.244 e. The standard InChI is InChI=1S/C13H21N3O3S/c1-2-5-15(6-7-17)20(18,19)13-8-12(9-14)16(10-13)11-3-4-11/h2,8,10-11,17H,1,3-7,9,14H2. The summed E-state index contributed by atoms with van der Waals surface area (Å²) < 4.78 is 28.3.